The summed E-state index contributed by atoms with van der Waals surface area (Å²) in [5, 5.41) is 9.59. The molecule has 4 heteroatoms. The van der Waals surface area contributed by atoms with Crippen LogP contribution in [0, 0.1) is 0 Å². The summed E-state index contributed by atoms with van der Waals surface area (Å²) in [6.07, 6.45) is 0.658. The standard InChI is InChI=1S/C14H22O3Si/c1-14(2,3)18(4,5)17-10-11-6-7-13(16)12(8-11)9-15/h6-9,16H,10H2,1-5H3. The van der Waals surface area contributed by atoms with Crippen molar-refractivity contribution in [2.45, 2.75) is 45.5 Å². The van der Waals surface area contributed by atoms with Gasteiger partial charge in [-0.1, -0.05) is 26.8 Å². The monoisotopic (exact) mass is 266 g/mol. The van der Waals surface area contributed by atoms with Gasteiger partial charge in [0, 0.05) is 0 Å². The minimum atomic E-state index is -1.78. The molecule has 0 aliphatic heterocycles. The molecule has 0 saturated heterocycles. The smallest absolute Gasteiger partial charge is 0.192 e. The minimum Gasteiger partial charge on any atom is -0.507 e. The van der Waals surface area contributed by atoms with Gasteiger partial charge in [0.2, 0.25) is 0 Å². The molecule has 1 aromatic rings. The first-order valence-corrected chi connectivity index (χ1v) is 8.99. The van der Waals surface area contributed by atoms with Gasteiger partial charge < -0.3 is 9.53 Å². The van der Waals surface area contributed by atoms with Crippen LogP contribution in [-0.4, -0.2) is 19.7 Å². The lowest BCUT2D eigenvalue weighted by molar-refractivity contribution is 0.112. The summed E-state index contributed by atoms with van der Waals surface area (Å²) >= 11 is 0. The molecule has 100 valence electrons. The molecular formula is C14H22O3Si. The van der Waals surface area contributed by atoms with E-state index < -0.39 is 8.32 Å². The number of benzene rings is 1. The van der Waals surface area contributed by atoms with Crippen LogP contribution < -0.4 is 0 Å². The topological polar surface area (TPSA) is 46.5 Å². The van der Waals surface area contributed by atoms with Gasteiger partial charge in [-0.3, -0.25) is 4.79 Å². The molecule has 0 radical (unpaired) electrons. The molecule has 1 N–H and O–H groups in total. The fourth-order valence-corrected chi connectivity index (χ4v) is 2.23. The highest BCUT2D eigenvalue weighted by Crippen LogP contribution is 2.37. The van der Waals surface area contributed by atoms with E-state index in [1.165, 1.54) is 6.07 Å². The van der Waals surface area contributed by atoms with Crippen molar-refractivity contribution in [1.29, 1.82) is 0 Å². The highest BCUT2D eigenvalue weighted by atomic mass is 28.4. The maximum absolute atomic E-state index is 10.7. The molecule has 18 heavy (non-hydrogen) atoms. The van der Waals surface area contributed by atoms with Crippen molar-refractivity contribution >= 4 is 14.6 Å². The summed E-state index contributed by atoms with van der Waals surface area (Å²) < 4.78 is 6.06. The molecule has 1 rings (SSSR count). The molecule has 0 spiro atoms. The van der Waals surface area contributed by atoms with E-state index in [9.17, 15) is 9.90 Å². The van der Waals surface area contributed by atoms with Gasteiger partial charge >= 0.3 is 0 Å². The Bertz CT molecular complexity index is 433. The number of phenols is 1. The molecule has 0 aliphatic carbocycles. The Balaban J connectivity index is 2.78. The largest absolute Gasteiger partial charge is 0.507 e. The maximum atomic E-state index is 10.7. The molecular weight excluding hydrogens is 244 g/mol. The third-order valence-electron chi connectivity index (χ3n) is 3.62. The van der Waals surface area contributed by atoms with Crippen LogP contribution in [0.5, 0.6) is 5.75 Å². The van der Waals surface area contributed by atoms with E-state index in [-0.39, 0.29) is 10.8 Å². The van der Waals surface area contributed by atoms with Gasteiger partial charge in [0.15, 0.2) is 14.6 Å². The van der Waals surface area contributed by atoms with Crippen LogP contribution in [0.1, 0.15) is 36.7 Å². The second-order valence-corrected chi connectivity index (χ2v) is 10.9. The van der Waals surface area contributed by atoms with Gasteiger partial charge in [-0.05, 0) is 35.8 Å². The van der Waals surface area contributed by atoms with Crippen LogP contribution >= 0.6 is 0 Å². The van der Waals surface area contributed by atoms with Crippen molar-refractivity contribution in [2.75, 3.05) is 0 Å². The van der Waals surface area contributed by atoms with E-state index in [1.807, 2.05) is 0 Å². The molecule has 0 aliphatic rings. The highest BCUT2D eigenvalue weighted by Gasteiger charge is 2.36. The van der Waals surface area contributed by atoms with E-state index >= 15 is 0 Å². The van der Waals surface area contributed by atoms with Crippen molar-refractivity contribution in [3.63, 3.8) is 0 Å². The summed E-state index contributed by atoms with van der Waals surface area (Å²) in [5.41, 5.74) is 1.23. The second-order valence-electron chi connectivity index (χ2n) is 6.06. The lowest BCUT2D eigenvalue weighted by Crippen LogP contribution is -2.40. The van der Waals surface area contributed by atoms with E-state index in [0.29, 0.717) is 18.5 Å². The average Bonchev–Trinajstić information content (AvgIpc) is 2.26. The third kappa shape index (κ3) is 3.43. The minimum absolute atomic E-state index is 0.0149. The number of aldehydes is 1. The fourth-order valence-electron chi connectivity index (χ4n) is 1.27. The van der Waals surface area contributed by atoms with Gasteiger partial charge in [-0.15, -0.1) is 0 Å². The van der Waals surface area contributed by atoms with Gasteiger partial charge in [-0.2, -0.15) is 0 Å². The SMILES string of the molecule is CC(C)(C)[Si](C)(C)OCc1ccc(O)c(C=O)c1. The molecule has 1 aromatic carbocycles. The summed E-state index contributed by atoms with van der Waals surface area (Å²) in [4.78, 5) is 10.7. The third-order valence-corrected chi connectivity index (χ3v) is 8.10. The zero-order chi connectivity index (χ0) is 14.0. The average molecular weight is 266 g/mol. The van der Waals surface area contributed by atoms with Crippen molar-refractivity contribution in [1.82, 2.24) is 0 Å². The van der Waals surface area contributed by atoms with E-state index in [4.69, 9.17) is 4.43 Å². The molecule has 0 bridgehead atoms. The number of phenolic OH excluding ortho intramolecular Hbond substituents is 1. The Kier molecular flexibility index (Phi) is 4.35. The van der Waals surface area contributed by atoms with E-state index in [2.05, 4.69) is 33.9 Å². The Morgan fingerprint density at radius 2 is 1.94 bits per heavy atom. The molecule has 0 aromatic heterocycles. The number of carbonyl (C=O) groups excluding carboxylic acids is 1. The normalized spacial score (nSPS) is 12.5. The van der Waals surface area contributed by atoms with Gasteiger partial charge in [0.05, 0.1) is 12.2 Å². The summed E-state index contributed by atoms with van der Waals surface area (Å²) in [5.74, 6) is 0.0149. The number of hydrogen-bond acceptors (Lipinski definition) is 3. The number of carbonyl (C=O) groups is 1. The van der Waals surface area contributed by atoms with Gasteiger partial charge in [0.25, 0.3) is 0 Å². The van der Waals surface area contributed by atoms with Gasteiger partial charge in [-0.25, -0.2) is 0 Å². The number of rotatable bonds is 4. The van der Waals surface area contributed by atoms with Crippen LogP contribution in [0.2, 0.25) is 18.1 Å². The summed E-state index contributed by atoms with van der Waals surface area (Å²) in [6.45, 7) is 11.4. The maximum Gasteiger partial charge on any atom is 0.192 e. The Labute approximate surface area is 110 Å². The first-order chi connectivity index (χ1) is 8.17. The first kappa shape index (κ1) is 14.9. The van der Waals surface area contributed by atoms with Crippen LogP contribution in [0.3, 0.4) is 0 Å². The van der Waals surface area contributed by atoms with E-state index in [0.717, 1.165) is 5.56 Å². The zero-order valence-corrected chi connectivity index (χ0v) is 12.8. The fraction of sp³-hybridized carbons (Fsp3) is 0.500. The molecule has 0 heterocycles. The predicted molar refractivity (Wildman–Crippen MR) is 75.5 cm³/mol. The molecule has 0 atom stereocenters. The Morgan fingerprint density at radius 1 is 1.33 bits per heavy atom. The van der Waals surface area contributed by atoms with Crippen LogP contribution in [0.25, 0.3) is 0 Å². The zero-order valence-electron chi connectivity index (χ0n) is 11.8. The lowest BCUT2D eigenvalue weighted by atomic mass is 10.1. The van der Waals surface area contributed by atoms with Crippen LogP contribution in [0.4, 0.5) is 0 Å². The second kappa shape index (κ2) is 5.24. The lowest BCUT2D eigenvalue weighted by Gasteiger charge is -2.36. The molecule has 0 fully saturated rings. The molecule has 0 amide bonds. The van der Waals surface area contributed by atoms with Crippen molar-refractivity contribution in [3.8, 4) is 5.75 Å². The Morgan fingerprint density at radius 3 is 2.44 bits per heavy atom. The molecule has 3 nitrogen and oxygen atoms in total. The number of aromatic hydroxyl groups is 1. The quantitative estimate of drug-likeness (QED) is 0.667. The van der Waals surface area contributed by atoms with E-state index in [1.54, 1.807) is 12.1 Å². The highest BCUT2D eigenvalue weighted by molar-refractivity contribution is 6.74. The first-order valence-electron chi connectivity index (χ1n) is 6.08. The van der Waals surface area contributed by atoms with Gasteiger partial charge in [0.1, 0.15) is 5.75 Å². The predicted octanol–water partition coefficient (Wildman–Crippen LogP) is 3.73. The Hall–Kier alpha value is -1.13. The molecule has 0 unspecified atom stereocenters. The molecule has 0 saturated carbocycles. The van der Waals surface area contributed by atoms with Crippen molar-refractivity contribution in [3.05, 3.63) is 29.3 Å². The summed E-state index contributed by atoms with van der Waals surface area (Å²) in [6, 6.07) is 5.00. The summed E-state index contributed by atoms with van der Waals surface area (Å²) in [7, 11) is -1.78. The van der Waals surface area contributed by atoms with Crippen molar-refractivity contribution in [2.24, 2.45) is 0 Å². The van der Waals surface area contributed by atoms with Crippen molar-refractivity contribution < 1.29 is 14.3 Å². The van der Waals surface area contributed by atoms with Crippen LogP contribution in [0.15, 0.2) is 18.2 Å². The number of hydrogen-bond donors (Lipinski definition) is 1. The van der Waals surface area contributed by atoms with Crippen LogP contribution in [-0.2, 0) is 11.0 Å².